The number of aromatic nitrogens is 2. The predicted molar refractivity (Wildman–Crippen MR) is 93.6 cm³/mol. The molecule has 0 fully saturated rings. The molecule has 0 saturated heterocycles. The van der Waals surface area contributed by atoms with E-state index in [9.17, 15) is 4.79 Å². The van der Waals surface area contributed by atoms with Gasteiger partial charge in [-0.05, 0) is 59.0 Å². The molecule has 0 saturated carbocycles. The Morgan fingerprint density at radius 2 is 2.26 bits per heavy atom. The van der Waals surface area contributed by atoms with Gasteiger partial charge in [0, 0.05) is 25.7 Å². The average molecular weight is 380 g/mol. The summed E-state index contributed by atoms with van der Waals surface area (Å²) >= 11 is 3.46. The zero-order chi connectivity index (χ0) is 16.7. The van der Waals surface area contributed by atoms with Crippen LogP contribution in [0.15, 0.2) is 35.1 Å². The molecule has 0 radical (unpaired) electrons. The number of nitrogens with one attached hydrogen (secondary N) is 1. The highest BCUT2D eigenvalue weighted by Crippen LogP contribution is 2.25. The van der Waals surface area contributed by atoms with Crippen LogP contribution in [0.25, 0.3) is 0 Å². The number of amides is 1. The van der Waals surface area contributed by atoms with Crippen LogP contribution < -0.4 is 10.1 Å². The van der Waals surface area contributed by atoms with Gasteiger partial charge in [-0.3, -0.25) is 9.48 Å². The lowest BCUT2D eigenvalue weighted by atomic mass is 10.1. The van der Waals surface area contributed by atoms with Crippen LogP contribution in [0.1, 0.15) is 24.0 Å². The van der Waals surface area contributed by atoms with Crippen molar-refractivity contribution in [2.45, 2.75) is 32.7 Å². The van der Waals surface area contributed by atoms with Gasteiger partial charge in [-0.2, -0.15) is 5.10 Å². The summed E-state index contributed by atoms with van der Waals surface area (Å²) in [6, 6.07) is 5.88. The highest BCUT2D eigenvalue weighted by atomic mass is 79.9. The third-order valence-corrected chi connectivity index (χ3v) is 4.13. The molecule has 0 bridgehead atoms. The van der Waals surface area contributed by atoms with Crippen molar-refractivity contribution >= 4 is 21.8 Å². The van der Waals surface area contributed by atoms with Crippen molar-refractivity contribution in [2.24, 2.45) is 0 Å². The first kappa shape index (κ1) is 17.5. The molecule has 1 aromatic heterocycles. The molecule has 1 heterocycles. The van der Waals surface area contributed by atoms with E-state index in [2.05, 4.69) is 26.3 Å². The van der Waals surface area contributed by atoms with Crippen molar-refractivity contribution in [1.82, 2.24) is 15.1 Å². The van der Waals surface area contributed by atoms with E-state index >= 15 is 0 Å². The van der Waals surface area contributed by atoms with E-state index in [1.807, 2.05) is 42.2 Å². The third-order valence-electron chi connectivity index (χ3n) is 3.51. The number of aryl methyl sites for hydroxylation is 3. The molecular weight excluding hydrogens is 358 g/mol. The maximum Gasteiger partial charge on any atom is 0.220 e. The number of hydrogen-bond acceptors (Lipinski definition) is 3. The summed E-state index contributed by atoms with van der Waals surface area (Å²) in [5, 5.41) is 7.17. The van der Waals surface area contributed by atoms with E-state index in [-0.39, 0.29) is 5.91 Å². The predicted octanol–water partition coefficient (Wildman–Crippen LogP) is 3.10. The minimum absolute atomic E-state index is 0.0774. The Kier molecular flexibility index (Phi) is 6.65. The van der Waals surface area contributed by atoms with Crippen molar-refractivity contribution in [3.63, 3.8) is 0 Å². The third kappa shape index (κ3) is 5.71. The first-order chi connectivity index (χ1) is 11.1. The van der Waals surface area contributed by atoms with Crippen molar-refractivity contribution < 1.29 is 9.53 Å². The molecule has 23 heavy (non-hydrogen) atoms. The second kappa shape index (κ2) is 8.72. The van der Waals surface area contributed by atoms with Crippen molar-refractivity contribution in [3.05, 3.63) is 46.2 Å². The number of hydrogen-bond donors (Lipinski definition) is 1. The topological polar surface area (TPSA) is 56.1 Å². The molecule has 0 aliphatic carbocycles. The van der Waals surface area contributed by atoms with Gasteiger partial charge in [0.25, 0.3) is 0 Å². The number of carbonyl (C=O) groups is 1. The quantitative estimate of drug-likeness (QED) is 0.716. The second-order valence-electron chi connectivity index (χ2n) is 5.45. The minimum atomic E-state index is 0.0774. The zero-order valence-corrected chi connectivity index (χ0v) is 15.1. The smallest absolute Gasteiger partial charge is 0.220 e. The lowest BCUT2D eigenvalue weighted by Gasteiger charge is -2.07. The fourth-order valence-corrected chi connectivity index (χ4v) is 2.86. The highest BCUT2D eigenvalue weighted by molar-refractivity contribution is 9.10. The van der Waals surface area contributed by atoms with Crippen LogP contribution in [0.4, 0.5) is 0 Å². The zero-order valence-electron chi connectivity index (χ0n) is 13.5. The van der Waals surface area contributed by atoms with Crippen LogP contribution in [0, 0.1) is 6.92 Å². The number of methoxy groups -OCH3 is 1. The Morgan fingerprint density at radius 3 is 2.91 bits per heavy atom. The molecule has 1 N–H and O–H groups in total. The molecule has 6 heteroatoms. The van der Waals surface area contributed by atoms with Gasteiger partial charge in [0.05, 0.1) is 17.8 Å². The second-order valence-corrected chi connectivity index (χ2v) is 6.31. The molecule has 1 aromatic carbocycles. The van der Waals surface area contributed by atoms with Crippen LogP contribution >= 0.6 is 15.9 Å². The van der Waals surface area contributed by atoms with Gasteiger partial charge < -0.3 is 10.1 Å². The van der Waals surface area contributed by atoms with Gasteiger partial charge >= 0.3 is 0 Å². The molecule has 124 valence electrons. The molecule has 0 unspecified atom stereocenters. The summed E-state index contributed by atoms with van der Waals surface area (Å²) < 4.78 is 8.00. The normalized spacial score (nSPS) is 10.6. The fourth-order valence-electron chi connectivity index (χ4n) is 2.27. The number of benzene rings is 1. The maximum atomic E-state index is 11.9. The number of nitrogens with zero attached hydrogens (tertiary/aromatic N) is 2. The number of rotatable bonds is 8. The largest absolute Gasteiger partial charge is 0.496 e. The van der Waals surface area contributed by atoms with E-state index in [0.29, 0.717) is 19.4 Å². The van der Waals surface area contributed by atoms with Gasteiger partial charge in [-0.1, -0.05) is 6.07 Å². The first-order valence-electron chi connectivity index (χ1n) is 7.66. The lowest BCUT2D eigenvalue weighted by molar-refractivity contribution is -0.121. The van der Waals surface area contributed by atoms with Crippen molar-refractivity contribution in [3.8, 4) is 5.75 Å². The maximum absolute atomic E-state index is 11.9. The van der Waals surface area contributed by atoms with Crippen molar-refractivity contribution in [2.75, 3.05) is 13.7 Å². The van der Waals surface area contributed by atoms with E-state index in [1.165, 1.54) is 0 Å². The Hall–Kier alpha value is -1.82. The molecule has 2 rings (SSSR count). The Balaban J connectivity index is 1.66. The first-order valence-corrected chi connectivity index (χ1v) is 8.46. The summed E-state index contributed by atoms with van der Waals surface area (Å²) in [4.78, 5) is 11.9. The standard InChI is InChI=1S/C17H22BrN3O2/c1-13-11-20-21(12-13)9-3-8-19-17(22)7-5-14-4-6-16(23-2)15(18)10-14/h4,6,10-12H,3,5,7-9H2,1-2H3,(H,19,22). The molecular formula is C17H22BrN3O2. The Labute approximate surface area is 145 Å². The molecule has 0 atom stereocenters. The van der Waals surface area contributed by atoms with Crippen LogP contribution in [0.3, 0.4) is 0 Å². The summed E-state index contributed by atoms with van der Waals surface area (Å²) in [6.07, 6.45) is 5.92. The Bertz CT molecular complexity index is 655. The van der Waals surface area contributed by atoms with Gasteiger partial charge in [0.2, 0.25) is 5.91 Å². The summed E-state index contributed by atoms with van der Waals surface area (Å²) in [7, 11) is 1.64. The van der Waals surface area contributed by atoms with Gasteiger partial charge in [-0.15, -0.1) is 0 Å². The molecule has 0 aliphatic rings. The summed E-state index contributed by atoms with van der Waals surface area (Å²) in [6.45, 7) is 3.51. The van der Waals surface area contributed by atoms with E-state index in [0.717, 1.165) is 34.3 Å². The van der Waals surface area contributed by atoms with Crippen LogP contribution in [-0.4, -0.2) is 29.3 Å². The molecule has 2 aromatic rings. The fraction of sp³-hybridized carbons (Fsp3) is 0.412. The molecule has 5 nitrogen and oxygen atoms in total. The van der Waals surface area contributed by atoms with Gasteiger partial charge in [0.1, 0.15) is 5.75 Å². The lowest BCUT2D eigenvalue weighted by Crippen LogP contribution is -2.25. The number of carbonyl (C=O) groups excluding carboxylic acids is 1. The van der Waals surface area contributed by atoms with Crippen LogP contribution in [0.2, 0.25) is 0 Å². The number of ether oxygens (including phenoxy) is 1. The molecule has 0 spiro atoms. The van der Waals surface area contributed by atoms with Crippen LogP contribution in [-0.2, 0) is 17.8 Å². The van der Waals surface area contributed by atoms with Gasteiger partial charge in [-0.25, -0.2) is 0 Å². The summed E-state index contributed by atoms with van der Waals surface area (Å²) in [5.74, 6) is 0.876. The number of halogens is 1. The van der Waals surface area contributed by atoms with E-state index in [1.54, 1.807) is 7.11 Å². The van der Waals surface area contributed by atoms with Crippen LogP contribution in [0.5, 0.6) is 5.75 Å². The van der Waals surface area contributed by atoms with Crippen molar-refractivity contribution in [1.29, 1.82) is 0 Å². The van der Waals surface area contributed by atoms with E-state index in [4.69, 9.17) is 4.74 Å². The Morgan fingerprint density at radius 1 is 1.43 bits per heavy atom. The molecule has 1 amide bonds. The minimum Gasteiger partial charge on any atom is -0.496 e. The average Bonchev–Trinajstić information content (AvgIpc) is 2.95. The van der Waals surface area contributed by atoms with E-state index < -0.39 is 0 Å². The highest BCUT2D eigenvalue weighted by Gasteiger charge is 2.05. The molecule has 0 aliphatic heterocycles. The summed E-state index contributed by atoms with van der Waals surface area (Å²) in [5.41, 5.74) is 2.26. The monoisotopic (exact) mass is 379 g/mol. The SMILES string of the molecule is COc1ccc(CCC(=O)NCCCn2cc(C)cn2)cc1Br. The van der Waals surface area contributed by atoms with Gasteiger partial charge in [0.15, 0.2) is 0 Å².